The van der Waals surface area contributed by atoms with Crippen molar-refractivity contribution in [2.45, 2.75) is 32.7 Å². The molecular weight excluding hydrogens is 212 g/mol. The second-order valence-electron chi connectivity index (χ2n) is 4.91. The van der Waals surface area contributed by atoms with Crippen LogP contribution in [0.25, 0.3) is 0 Å². The van der Waals surface area contributed by atoms with Gasteiger partial charge in [0.15, 0.2) is 0 Å². The maximum Gasteiger partial charge on any atom is 0.317 e. The number of benzene rings is 1. The molecule has 2 rings (SSSR count). The van der Waals surface area contributed by atoms with E-state index in [9.17, 15) is 4.79 Å². The molecule has 0 atom stereocenters. The Morgan fingerprint density at radius 2 is 2.12 bits per heavy atom. The van der Waals surface area contributed by atoms with Crippen LogP contribution in [0.5, 0.6) is 0 Å². The molecule has 0 unspecified atom stereocenters. The topological polar surface area (TPSA) is 32.3 Å². The third kappa shape index (κ3) is 2.43. The van der Waals surface area contributed by atoms with Crippen LogP contribution in [0, 0.1) is 0 Å². The maximum atomic E-state index is 11.6. The molecule has 0 bridgehead atoms. The maximum absolute atomic E-state index is 11.6. The minimum Gasteiger partial charge on any atom is -0.341 e. The average Bonchev–Trinajstić information content (AvgIpc) is 2.36. The number of nitrogens with zero attached hydrogens (tertiary/aromatic N) is 1. The molecule has 1 aliphatic rings. The highest BCUT2D eigenvalue weighted by molar-refractivity contribution is 5.74. The van der Waals surface area contributed by atoms with Gasteiger partial charge in [0, 0.05) is 20.1 Å². The molecule has 17 heavy (non-hydrogen) atoms. The molecular formula is C14H20N2O. The van der Waals surface area contributed by atoms with Crippen molar-refractivity contribution >= 4 is 6.03 Å². The third-order valence-electron chi connectivity index (χ3n) is 3.41. The predicted molar refractivity (Wildman–Crippen MR) is 69.1 cm³/mol. The molecule has 1 heterocycles. The summed E-state index contributed by atoms with van der Waals surface area (Å²) in [5.74, 6) is 0.567. The minimum atomic E-state index is 0.0172. The van der Waals surface area contributed by atoms with Gasteiger partial charge in [0.05, 0.1) is 0 Å². The van der Waals surface area contributed by atoms with E-state index in [2.05, 4.69) is 37.4 Å². The zero-order valence-electron chi connectivity index (χ0n) is 10.8. The number of hydrogen-bond acceptors (Lipinski definition) is 1. The fourth-order valence-electron chi connectivity index (χ4n) is 2.26. The summed E-state index contributed by atoms with van der Waals surface area (Å²) >= 11 is 0. The molecule has 1 aromatic carbocycles. The molecule has 1 aromatic rings. The fourth-order valence-corrected chi connectivity index (χ4v) is 2.26. The Hall–Kier alpha value is -1.51. The Morgan fingerprint density at radius 3 is 2.76 bits per heavy atom. The molecule has 0 spiro atoms. The molecule has 2 amide bonds. The van der Waals surface area contributed by atoms with Gasteiger partial charge in [-0.25, -0.2) is 4.79 Å². The van der Waals surface area contributed by atoms with Crippen LogP contribution in [0.15, 0.2) is 18.2 Å². The molecule has 3 nitrogen and oxygen atoms in total. The van der Waals surface area contributed by atoms with Crippen LogP contribution in [-0.4, -0.2) is 24.5 Å². The van der Waals surface area contributed by atoms with Gasteiger partial charge in [-0.2, -0.15) is 0 Å². The summed E-state index contributed by atoms with van der Waals surface area (Å²) in [5, 5.41) is 2.68. The molecule has 92 valence electrons. The number of nitrogens with one attached hydrogen (secondary N) is 1. The molecule has 0 aromatic heterocycles. The van der Waals surface area contributed by atoms with Crippen LogP contribution in [0.2, 0.25) is 0 Å². The monoisotopic (exact) mass is 232 g/mol. The van der Waals surface area contributed by atoms with Gasteiger partial charge in [-0.05, 0) is 29.0 Å². The van der Waals surface area contributed by atoms with Crippen LogP contribution in [0.4, 0.5) is 4.79 Å². The Kier molecular flexibility index (Phi) is 3.36. The number of carbonyl (C=O) groups excluding carboxylic acids is 1. The molecule has 1 N–H and O–H groups in total. The first kappa shape index (κ1) is 12.0. The van der Waals surface area contributed by atoms with Crippen molar-refractivity contribution in [3.63, 3.8) is 0 Å². The summed E-state index contributed by atoms with van der Waals surface area (Å²) in [6.45, 7) is 5.96. The summed E-state index contributed by atoms with van der Waals surface area (Å²) in [6.07, 6.45) is 0.962. The van der Waals surface area contributed by atoms with Crippen LogP contribution in [0.3, 0.4) is 0 Å². The van der Waals surface area contributed by atoms with E-state index in [0.717, 1.165) is 19.5 Å². The summed E-state index contributed by atoms with van der Waals surface area (Å²) in [4.78, 5) is 13.4. The first-order chi connectivity index (χ1) is 8.11. The SMILES string of the molecule is CNC(=O)N1CCc2cc(C(C)C)ccc2C1. The van der Waals surface area contributed by atoms with Crippen molar-refractivity contribution in [3.05, 3.63) is 34.9 Å². The predicted octanol–water partition coefficient (Wildman–Crippen LogP) is 2.51. The van der Waals surface area contributed by atoms with Crippen molar-refractivity contribution in [3.8, 4) is 0 Å². The zero-order chi connectivity index (χ0) is 12.4. The smallest absolute Gasteiger partial charge is 0.317 e. The summed E-state index contributed by atoms with van der Waals surface area (Å²) < 4.78 is 0. The lowest BCUT2D eigenvalue weighted by atomic mass is 9.93. The Labute approximate surface area is 103 Å². The van der Waals surface area contributed by atoms with E-state index in [0.29, 0.717) is 5.92 Å². The van der Waals surface area contributed by atoms with Crippen molar-refractivity contribution < 1.29 is 4.79 Å². The van der Waals surface area contributed by atoms with E-state index < -0.39 is 0 Å². The number of amides is 2. The van der Waals surface area contributed by atoms with E-state index in [1.807, 2.05) is 4.90 Å². The molecule has 0 aliphatic carbocycles. The Bertz CT molecular complexity index is 426. The Balaban J connectivity index is 2.20. The second kappa shape index (κ2) is 4.78. The van der Waals surface area contributed by atoms with Crippen LogP contribution in [-0.2, 0) is 13.0 Å². The molecule has 0 saturated heterocycles. The Morgan fingerprint density at radius 1 is 1.35 bits per heavy atom. The van der Waals surface area contributed by atoms with Gasteiger partial charge < -0.3 is 10.2 Å². The van der Waals surface area contributed by atoms with Gasteiger partial charge in [0.2, 0.25) is 0 Å². The van der Waals surface area contributed by atoms with Crippen molar-refractivity contribution in [1.29, 1.82) is 0 Å². The fraction of sp³-hybridized carbons (Fsp3) is 0.500. The minimum absolute atomic E-state index is 0.0172. The molecule has 0 saturated carbocycles. The number of urea groups is 1. The van der Waals surface area contributed by atoms with Gasteiger partial charge in [-0.1, -0.05) is 32.0 Å². The van der Waals surface area contributed by atoms with E-state index >= 15 is 0 Å². The van der Waals surface area contributed by atoms with Crippen molar-refractivity contribution in [2.24, 2.45) is 0 Å². The first-order valence-corrected chi connectivity index (χ1v) is 6.20. The highest BCUT2D eigenvalue weighted by atomic mass is 16.2. The van der Waals surface area contributed by atoms with Crippen LogP contribution >= 0.6 is 0 Å². The van der Waals surface area contributed by atoms with Crippen LogP contribution in [0.1, 0.15) is 36.5 Å². The van der Waals surface area contributed by atoms with E-state index in [4.69, 9.17) is 0 Å². The largest absolute Gasteiger partial charge is 0.341 e. The lowest BCUT2D eigenvalue weighted by Gasteiger charge is -2.29. The molecule has 1 aliphatic heterocycles. The quantitative estimate of drug-likeness (QED) is 0.792. The van der Waals surface area contributed by atoms with Gasteiger partial charge >= 0.3 is 6.03 Å². The van der Waals surface area contributed by atoms with E-state index in [-0.39, 0.29) is 6.03 Å². The number of carbonyl (C=O) groups is 1. The number of rotatable bonds is 1. The third-order valence-corrected chi connectivity index (χ3v) is 3.41. The highest BCUT2D eigenvalue weighted by Crippen LogP contribution is 2.23. The molecule has 0 fully saturated rings. The summed E-state index contributed by atoms with van der Waals surface area (Å²) in [7, 11) is 1.68. The van der Waals surface area contributed by atoms with E-state index in [1.165, 1.54) is 16.7 Å². The van der Waals surface area contributed by atoms with Gasteiger partial charge in [-0.3, -0.25) is 0 Å². The average molecular weight is 232 g/mol. The van der Waals surface area contributed by atoms with Gasteiger partial charge in [0.1, 0.15) is 0 Å². The normalized spacial score (nSPS) is 14.7. The highest BCUT2D eigenvalue weighted by Gasteiger charge is 2.19. The first-order valence-electron chi connectivity index (χ1n) is 6.20. The van der Waals surface area contributed by atoms with Crippen molar-refractivity contribution in [1.82, 2.24) is 10.2 Å². The van der Waals surface area contributed by atoms with Gasteiger partial charge in [-0.15, -0.1) is 0 Å². The van der Waals surface area contributed by atoms with E-state index in [1.54, 1.807) is 7.05 Å². The molecule has 3 heteroatoms. The number of hydrogen-bond donors (Lipinski definition) is 1. The summed E-state index contributed by atoms with van der Waals surface area (Å²) in [6, 6.07) is 6.65. The summed E-state index contributed by atoms with van der Waals surface area (Å²) in [5.41, 5.74) is 4.07. The standard InChI is InChI=1S/C14H20N2O/c1-10(2)11-4-5-13-9-16(14(17)15-3)7-6-12(13)8-11/h4-5,8,10H,6-7,9H2,1-3H3,(H,15,17). The number of fused-ring (bicyclic) bond motifs is 1. The second-order valence-corrected chi connectivity index (χ2v) is 4.91. The van der Waals surface area contributed by atoms with Gasteiger partial charge in [0.25, 0.3) is 0 Å². The zero-order valence-corrected chi connectivity index (χ0v) is 10.8. The van der Waals surface area contributed by atoms with Crippen LogP contribution < -0.4 is 5.32 Å². The molecule has 0 radical (unpaired) electrons. The lowest BCUT2D eigenvalue weighted by Crippen LogP contribution is -2.41. The van der Waals surface area contributed by atoms with Crippen molar-refractivity contribution in [2.75, 3.05) is 13.6 Å². The lowest BCUT2D eigenvalue weighted by molar-refractivity contribution is 0.194.